The number of hydrogen-bond acceptors (Lipinski definition) is 6. The molecule has 1 saturated heterocycles. The van der Waals surface area contributed by atoms with E-state index >= 15 is 0 Å². The lowest BCUT2D eigenvalue weighted by Crippen LogP contribution is -2.51. The molecular formula is C17H22N2O6S. The van der Waals surface area contributed by atoms with E-state index in [4.69, 9.17) is 9.94 Å². The van der Waals surface area contributed by atoms with Crippen molar-refractivity contribution in [2.24, 2.45) is 0 Å². The van der Waals surface area contributed by atoms with Crippen molar-refractivity contribution in [3.05, 3.63) is 29.8 Å². The van der Waals surface area contributed by atoms with Gasteiger partial charge < -0.3 is 4.74 Å². The molecule has 1 aromatic carbocycles. The van der Waals surface area contributed by atoms with Gasteiger partial charge in [0, 0.05) is 18.4 Å². The number of benzene rings is 1. The molecule has 26 heavy (non-hydrogen) atoms. The van der Waals surface area contributed by atoms with Crippen LogP contribution in [0, 0.1) is 0 Å². The Morgan fingerprint density at radius 2 is 1.96 bits per heavy atom. The molecule has 0 radical (unpaired) electrons. The maximum absolute atomic E-state index is 12.2. The molecule has 1 heterocycles. The van der Waals surface area contributed by atoms with Crippen molar-refractivity contribution in [3.8, 4) is 0 Å². The van der Waals surface area contributed by atoms with E-state index in [2.05, 4.69) is 0 Å². The van der Waals surface area contributed by atoms with Crippen molar-refractivity contribution in [1.29, 1.82) is 0 Å². The summed E-state index contributed by atoms with van der Waals surface area (Å²) in [4.78, 5) is 25.5. The third-order valence-corrected chi connectivity index (χ3v) is 7.13. The lowest BCUT2D eigenvalue weighted by molar-refractivity contribution is -0.132. The number of hydrogen-bond donors (Lipinski definition) is 2. The van der Waals surface area contributed by atoms with Crippen LogP contribution in [0.15, 0.2) is 24.3 Å². The number of amides is 2. The Kier molecular flexibility index (Phi) is 4.70. The summed E-state index contributed by atoms with van der Waals surface area (Å²) in [6.07, 6.45) is 1.65. The number of sulfone groups is 1. The van der Waals surface area contributed by atoms with Crippen molar-refractivity contribution >= 4 is 27.5 Å². The van der Waals surface area contributed by atoms with Crippen molar-refractivity contribution in [2.75, 3.05) is 17.7 Å². The first kappa shape index (κ1) is 18.7. The van der Waals surface area contributed by atoms with Gasteiger partial charge >= 0.3 is 6.09 Å². The summed E-state index contributed by atoms with van der Waals surface area (Å²) < 4.78 is 27.5. The Balaban J connectivity index is 1.75. The molecule has 0 spiro atoms. The van der Waals surface area contributed by atoms with Gasteiger partial charge in [0.15, 0.2) is 14.6 Å². The van der Waals surface area contributed by atoms with Gasteiger partial charge in [0.05, 0.1) is 6.54 Å². The molecule has 2 N–H and O–H groups in total. The molecule has 2 atom stereocenters. The van der Waals surface area contributed by atoms with Crippen LogP contribution in [0.4, 0.5) is 10.5 Å². The number of anilines is 1. The first-order valence-electron chi connectivity index (χ1n) is 8.38. The third kappa shape index (κ3) is 3.41. The average molecular weight is 382 g/mol. The zero-order chi connectivity index (χ0) is 19.1. The van der Waals surface area contributed by atoms with E-state index in [1.165, 1.54) is 35.7 Å². The maximum Gasteiger partial charge on any atom is 0.414 e. The standard InChI is InChI=1S/C17H22N2O6S/c1-17(15(20)18-22,26(2,23)24)9-14-10-19(16(21)25-14)13-7-5-12(6-8-13)11-3-4-11/h5-8,11,14,22H,3-4,9-10H2,1-2H3,(H,18,20)/t14-,17+/m0/s1. The fraction of sp³-hybridized carbons (Fsp3) is 0.529. The van der Waals surface area contributed by atoms with Gasteiger partial charge in [-0.25, -0.2) is 18.7 Å². The predicted molar refractivity (Wildman–Crippen MR) is 93.8 cm³/mol. The topological polar surface area (TPSA) is 113 Å². The summed E-state index contributed by atoms with van der Waals surface area (Å²) in [5.74, 6) is -0.446. The molecule has 1 aromatic rings. The number of ether oxygens (including phenoxy) is 1. The van der Waals surface area contributed by atoms with Gasteiger partial charge in [-0.2, -0.15) is 0 Å². The van der Waals surface area contributed by atoms with Crippen LogP contribution in [0.1, 0.15) is 37.7 Å². The quantitative estimate of drug-likeness (QED) is 0.571. The summed E-state index contributed by atoms with van der Waals surface area (Å²) >= 11 is 0. The number of nitrogens with zero attached hydrogens (tertiary/aromatic N) is 1. The third-order valence-electron chi connectivity index (χ3n) is 5.15. The SMILES string of the molecule is C[C@@](C[C@H]1CN(c2ccc(C3CC3)cc2)C(=O)O1)(C(=O)NO)S(C)(=O)=O. The number of cyclic esters (lactones) is 1. The zero-order valence-electron chi connectivity index (χ0n) is 14.6. The molecule has 3 rings (SSSR count). The second kappa shape index (κ2) is 6.55. The van der Waals surface area contributed by atoms with Crippen molar-refractivity contribution in [3.63, 3.8) is 0 Å². The van der Waals surface area contributed by atoms with Crippen LogP contribution < -0.4 is 10.4 Å². The van der Waals surface area contributed by atoms with E-state index in [-0.39, 0.29) is 13.0 Å². The minimum atomic E-state index is -3.85. The smallest absolute Gasteiger partial charge is 0.414 e. The normalized spacial score (nSPS) is 22.7. The highest BCUT2D eigenvalue weighted by molar-refractivity contribution is 7.92. The summed E-state index contributed by atoms with van der Waals surface area (Å²) in [7, 11) is -3.85. The molecular weight excluding hydrogens is 360 g/mol. The highest BCUT2D eigenvalue weighted by atomic mass is 32.2. The molecule has 0 aromatic heterocycles. The fourth-order valence-corrected chi connectivity index (χ4v) is 4.02. The van der Waals surface area contributed by atoms with E-state index in [9.17, 15) is 18.0 Å². The van der Waals surface area contributed by atoms with E-state index in [1.807, 2.05) is 24.3 Å². The number of hydroxylamine groups is 1. The molecule has 2 aliphatic rings. The predicted octanol–water partition coefficient (Wildman–Crippen LogP) is 1.59. The number of carbonyl (C=O) groups excluding carboxylic acids is 2. The molecule has 0 unspecified atom stereocenters. The van der Waals surface area contributed by atoms with Crippen LogP contribution >= 0.6 is 0 Å². The highest BCUT2D eigenvalue weighted by Crippen LogP contribution is 2.40. The first-order valence-corrected chi connectivity index (χ1v) is 10.3. The Morgan fingerprint density at radius 1 is 1.35 bits per heavy atom. The maximum atomic E-state index is 12.2. The monoisotopic (exact) mass is 382 g/mol. The molecule has 8 nitrogen and oxygen atoms in total. The van der Waals surface area contributed by atoms with Crippen LogP contribution in [0.2, 0.25) is 0 Å². The Labute approximate surface area is 152 Å². The minimum absolute atomic E-state index is 0.130. The Morgan fingerprint density at radius 3 is 2.46 bits per heavy atom. The van der Waals surface area contributed by atoms with Gasteiger partial charge in [-0.05, 0) is 43.4 Å². The van der Waals surface area contributed by atoms with Crippen LogP contribution in [0.5, 0.6) is 0 Å². The van der Waals surface area contributed by atoms with Gasteiger partial charge in [0.1, 0.15) is 6.10 Å². The Hall–Kier alpha value is -2.13. The van der Waals surface area contributed by atoms with E-state index in [1.54, 1.807) is 0 Å². The Bertz CT molecular complexity index is 818. The van der Waals surface area contributed by atoms with Crippen LogP contribution in [-0.2, 0) is 19.4 Å². The summed E-state index contributed by atoms with van der Waals surface area (Å²) in [5.41, 5.74) is 3.29. The minimum Gasteiger partial charge on any atom is -0.444 e. The second-order valence-electron chi connectivity index (χ2n) is 7.13. The van der Waals surface area contributed by atoms with Gasteiger partial charge in [-0.1, -0.05) is 12.1 Å². The fourth-order valence-electron chi connectivity index (χ4n) is 3.15. The number of carbonyl (C=O) groups is 2. The summed E-state index contributed by atoms with van der Waals surface area (Å²) in [6.45, 7) is 1.33. The molecule has 1 aliphatic carbocycles. The first-order chi connectivity index (χ1) is 12.2. The van der Waals surface area contributed by atoms with Crippen LogP contribution in [0.25, 0.3) is 0 Å². The van der Waals surface area contributed by atoms with Gasteiger partial charge in [-0.15, -0.1) is 0 Å². The van der Waals surface area contributed by atoms with Gasteiger partial charge in [0.25, 0.3) is 5.91 Å². The van der Waals surface area contributed by atoms with Crippen LogP contribution in [-0.4, -0.2) is 49.3 Å². The van der Waals surface area contributed by atoms with E-state index in [0.717, 1.165) is 6.26 Å². The van der Waals surface area contributed by atoms with E-state index < -0.39 is 32.7 Å². The molecule has 2 fully saturated rings. The lowest BCUT2D eigenvalue weighted by Gasteiger charge is -2.26. The lowest BCUT2D eigenvalue weighted by atomic mass is 10.0. The molecule has 0 bridgehead atoms. The molecule has 142 valence electrons. The molecule has 1 saturated carbocycles. The largest absolute Gasteiger partial charge is 0.444 e. The summed E-state index contributed by atoms with van der Waals surface area (Å²) in [5, 5.41) is 8.88. The average Bonchev–Trinajstić information content (AvgIpc) is 3.37. The summed E-state index contributed by atoms with van der Waals surface area (Å²) in [6, 6.07) is 7.64. The molecule has 9 heteroatoms. The van der Waals surface area contributed by atoms with Crippen LogP contribution in [0.3, 0.4) is 0 Å². The highest BCUT2D eigenvalue weighted by Gasteiger charge is 2.48. The number of nitrogens with one attached hydrogen (secondary N) is 1. The second-order valence-corrected chi connectivity index (χ2v) is 9.58. The van der Waals surface area contributed by atoms with Crippen molar-refractivity contribution < 1.29 is 28.0 Å². The van der Waals surface area contributed by atoms with Crippen molar-refractivity contribution in [1.82, 2.24) is 5.48 Å². The zero-order valence-corrected chi connectivity index (χ0v) is 15.5. The van der Waals surface area contributed by atoms with Gasteiger partial charge in [0.2, 0.25) is 0 Å². The van der Waals surface area contributed by atoms with Gasteiger partial charge in [-0.3, -0.25) is 14.9 Å². The number of rotatable bonds is 6. The molecule has 1 aliphatic heterocycles. The van der Waals surface area contributed by atoms with E-state index in [0.29, 0.717) is 11.6 Å². The van der Waals surface area contributed by atoms with Crippen molar-refractivity contribution in [2.45, 2.75) is 43.0 Å². The molecule has 2 amide bonds.